The summed E-state index contributed by atoms with van der Waals surface area (Å²) in [6.45, 7) is 1.82. The Morgan fingerprint density at radius 2 is 0.757 bits per heavy atom. The van der Waals surface area contributed by atoms with Crippen molar-refractivity contribution in [1.82, 2.24) is 18.3 Å². The summed E-state index contributed by atoms with van der Waals surface area (Å²) in [4.78, 5) is 0. The lowest BCUT2D eigenvalue weighted by molar-refractivity contribution is 1.02. The quantitative estimate of drug-likeness (QED) is 0.176. The Kier molecular flexibility index (Phi) is 4.53. The first-order chi connectivity index (χ1) is 44.6. The number of aryl methyl sites for hydroxylation is 1. The second-order valence-corrected chi connectivity index (χ2v) is 17.6. The van der Waals surface area contributed by atoms with E-state index in [1.165, 1.54) is 15.9 Å². The topological polar surface area (TPSA) is 67.3 Å². The number of nitrogens with zero attached hydrogens (tertiary/aromatic N) is 6. The number of hydrogen-bond acceptors (Lipinski definition) is 3. The minimum absolute atomic E-state index is 0.224. The van der Waals surface area contributed by atoms with E-state index in [0.717, 1.165) is 29.2 Å². The average molecular weight is 933 g/mol. The van der Waals surface area contributed by atoms with Crippen molar-refractivity contribution in [1.29, 1.82) is 10.5 Å². The van der Waals surface area contributed by atoms with Crippen LogP contribution in [0.2, 0.25) is 0 Å². The molecule has 10 aromatic carbocycles. The van der Waals surface area contributed by atoms with Crippen molar-refractivity contribution in [3.63, 3.8) is 0 Å². The molecular weight excluding hydrogens is 873 g/mol. The van der Waals surface area contributed by atoms with Gasteiger partial charge in [0.15, 0.2) is 0 Å². The van der Waals surface area contributed by atoms with Gasteiger partial charge in [-0.25, -0.2) is 0 Å². The third kappa shape index (κ3) is 4.98. The summed E-state index contributed by atoms with van der Waals surface area (Å²) in [5.74, 6) is 0. The van der Waals surface area contributed by atoms with Crippen molar-refractivity contribution < 1.29 is 32.9 Å². The third-order valence-electron chi connectivity index (χ3n) is 13.0. The largest absolute Gasteiger partial charge is 0.306 e. The Bertz CT molecular complexity index is 6110. The molecule has 5 heterocycles. The molecule has 6 nitrogen and oxygen atoms in total. The highest BCUT2D eigenvalue weighted by Gasteiger charge is 2.34. The Morgan fingerprint density at radius 3 is 1.17 bits per heavy atom. The third-order valence-corrected chi connectivity index (χ3v) is 14.2. The van der Waals surface area contributed by atoms with Crippen LogP contribution in [-0.4, -0.2) is 18.3 Å². The zero-order valence-electron chi connectivity index (χ0n) is 59.8. The van der Waals surface area contributed by atoms with Gasteiger partial charge in [-0.3, -0.25) is 0 Å². The molecule has 15 rings (SSSR count). The molecule has 0 radical (unpaired) electrons. The number of hydrogen-bond donors (Lipinski definition) is 0. The molecule has 15 aromatic rings. The van der Waals surface area contributed by atoms with Crippen LogP contribution in [0.3, 0.4) is 0 Å². The Labute approximate surface area is 437 Å². The van der Waals surface area contributed by atoms with Gasteiger partial charge in [-0.2, -0.15) is 10.5 Å². The van der Waals surface area contributed by atoms with Crippen molar-refractivity contribution in [2.45, 2.75) is 6.92 Å². The van der Waals surface area contributed by atoms with Gasteiger partial charge in [0.05, 0.1) is 99.8 Å². The number of aromatic nitrogens is 4. The molecule has 0 aliphatic rings. The number of para-hydroxylation sites is 6. The fourth-order valence-corrected chi connectivity index (χ4v) is 11.6. The second-order valence-electron chi connectivity index (χ2n) is 16.5. The SMILES string of the molecule is [2H]c1c([2H])c([2H])c2c(c1[2H])c1c([2H])c([2H])c([2H])c([2H])c1n2-c1c(C#N)c(-n2c3c([2H])c([2H])c([2H])c([2H])c3c3c([2H])c([2H])c([2H])c([2H])c32)c(-n2c3c([2H])c([2H])c([2H])c([2H])c3c3c([2H])c([2H])c([2H])c([2H])c32)c(C#N)c1-n1c2ccc(C)cc2c2c3sc4ccccc4c3ccc21. The monoisotopic (exact) mass is 932 g/mol. The van der Waals surface area contributed by atoms with E-state index in [-0.39, 0.29) is 11.0 Å². The highest BCUT2D eigenvalue weighted by molar-refractivity contribution is 7.26. The summed E-state index contributed by atoms with van der Waals surface area (Å²) in [5.41, 5.74) is -7.45. The molecule has 0 unspecified atom stereocenters. The minimum atomic E-state index is -0.975. The van der Waals surface area contributed by atoms with Crippen LogP contribution in [0.4, 0.5) is 0 Å². The molecule has 0 bridgehead atoms. The molecule has 0 aliphatic heterocycles. The summed E-state index contributed by atoms with van der Waals surface area (Å²) < 4.78 is 232. The van der Waals surface area contributed by atoms with E-state index < -0.39 is 244 Å². The fraction of sp³-hybridized carbons (Fsp3) is 0.0159. The van der Waals surface area contributed by atoms with Crippen LogP contribution in [0.25, 0.3) is 130 Å². The van der Waals surface area contributed by atoms with Gasteiger partial charge in [0.25, 0.3) is 0 Å². The first-order valence-electron chi connectivity index (χ1n) is 33.5. The van der Waals surface area contributed by atoms with Crippen molar-refractivity contribution in [3.8, 4) is 34.9 Å². The summed E-state index contributed by atoms with van der Waals surface area (Å²) >= 11 is 1.40. The van der Waals surface area contributed by atoms with Crippen molar-refractivity contribution in [2.75, 3.05) is 0 Å². The van der Waals surface area contributed by atoms with Crippen molar-refractivity contribution >= 4 is 119 Å². The lowest BCUT2D eigenvalue weighted by Crippen LogP contribution is -2.16. The van der Waals surface area contributed by atoms with Crippen LogP contribution >= 0.6 is 11.3 Å². The zero-order chi connectivity index (χ0) is 67.2. The number of thiophene rings is 1. The molecule has 0 atom stereocenters. The maximum absolute atomic E-state index is 13.0. The van der Waals surface area contributed by atoms with E-state index >= 15 is 0 Å². The molecule has 0 N–H and O–H groups in total. The highest BCUT2D eigenvalue weighted by atomic mass is 32.1. The van der Waals surface area contributed by atoms with Gasteiger partial charge in [0, 0.05) is 63.3 Å². The Morgan fingerprint density at radius 1 is 0.386 bits per heavy atom. The zero-order valence-corrected chi connectivity index (χ0v) is 36.6. The average Bonchev–Trinajstić information content (AvgIpc) is 1.48. The van der Waals surface area contributed by atoms with Gasteiger partial charge in [-0.1, -0.05) is 145 Å². The van der Waals surface area contributed by atoms with E-state index in [2.05, 4.69) is 12.1 Å². The summed E-state index contributed by atoms with van der Waals surface area (Å²) in [6.07, 6.45) is 0. The normalized spacial score (nSPS) is 16.8. The predicted molar refractivity (Wildman–Crippen MR) is 291 cm³/mol. The van der Waals surface area contributed by atoms with Crippen LogP contribution < -0.4 is 0 Å². The van der Waals surface area contributed by atoms with E-state index in [1.807, 2.05) is 37.3 Å². The fourth-order valence-electron chi connectivity index (χ4n) is 10.4. The van der Waals surface area contributed by atoms with Gasteiger partial charge in [0.2, 0.25) is 0 Å². The van der Waals surface area contributed by atoms with E-state index in [9.17, 15) is 35.2 Å². The van der Waals surface area contributed by atoms with Gasteiger partial charge < -0.3 is 18.3 Å². The molecule has 70 heavy (non-hydrogen) atoms. The van der Waals surface area contributed by atoms with Gasteiger partial charge in [0.1, 0.15) is 23.3 Å². The number of fused-ring (bicyclic) bond motifs is 16. The molecular formula is C63H36N6S. The molecule has 0 spiro atoms. The number of nitriles is 2. The van der Waals surface area contributed by atoms with Crippen LogP contribution in [0.5, 0.6) is 0 Å². The van der Waals surface area contributed by atoms with Crippen LogP contribution in [0.15, 0.2) is 200 Å². The summed E-state index contributed by atoms with van der Waals surface area (Å²) in [5, 5.41) is 25.2. The highest BCUT2D eigenvalue weighted by Crippen LogP contribution is 2.50. The first kappa shape index (κ1) is 22.1. The van der Waals surface area contributed by atoms with E-state index in [1.54, 1.807) is 24.3 Å². The number of benzene rings is 10. The van der Waals surface area contributed by atoms with Gasteiger partial charge in [-0.05, 0) is 67.4 Å². The van der Waals surface area contributed by atoms with Crippen LogP contribution in [-0.2, 0) is 0 Å². The molecule has 0 amide bonds. The maximum Gasteiger partial charge on any atom is 0.104 e. The molecule has 5 aromatic heterocycles. The van der Waals surface area contributed by atoms with E-state index in [4.69, 9.17) is 8.22 Å². The molecule has 0 saturated carbocycles. The van der Waals surface area contributed by atoms with Crippen molar-refractivity contribution in [3.05, 3.63) is 216 Å². The molecule has 0 aliphatic carbocycles. The van der Waals surface area contributed by atoms with E-state index in [0.29, 0.717) is 21.0 Å². The lowest BCUT2D eigenvalue weighted by atomic mass is 9.98. The molecule has 0 fully saturated rings. The Balaban J connectivity index is 1.39. The number of rotatable bonds is 4. The molecule has 0 saturated heterocycles. The molecule has 324 valence electrons. The minimum Gasteiger partial charge on any atom is -0.306 e. The van der Waals surface area contributed by atoms with Crippen LogP contribution in [0, 0.1) is 29.6 Å². The second kappa shape index (κ2) is 14.3. The van der Waals surface area contributed by atoms with Gasteiger partial charge in [-0.15, -0.1) is 11.3 Å². The smallest absolute Gasteiger partial charge is 0.104 e. The molecule has 7 heteroatoms. The summed E-state index contributed by atoms with van der Waals surface area (Å²) in [6, 6.07) is -1.02. The lowest BCUT2D eigenvalue weighted by Gasteiger charge is -2.27. The predicted octanol–water partition coefficient (Wildman–Crippen LogP) is 16.5. The standard InChI is InChI=1S/C63H36N6S/c1-37-30-32-55-46(34-37)58-56(33-31-45-44-22-8-15-29-57(44)70-63(45)58)69(55)62-48(36-65)60(67-51-25-11-4-18-40(51)41-19-5-12-26-52(41)67)59(66-49-23-9-2-16-38(49)39-17-3-10-24-50(39)66)47(35-64)61(62)68-53-27-13-6-20-42(53)43-21-7-14-28-54(43)68/h2-34H,1H3/i2D,3D,4D,5D,6D,7D,9D,10D,11D,12D,13D,14D,16D,17D,18D,19D,20D,21D,23D,24D,25D,26D,27D,28D. The maximum atomic E-state index is 13.0. The Hall–Kier alpha value is -9.40. The van der Waals surface area contributed by atoms with Crippen molar-refractivity contribution in [2.24, 2.45) is 0 Å². The summed E-state index contributed by atoms with van der Waals surface area (Å²) in [7, 11) is 0. The van der Waals surface area contributed by atoms with Gasteiger partial charge >= 0.3 is 0 Å². The van der Waals surface area contributed by atoms with Crippen LogP contribution in [0.1, 0.15) is 49.6 Å². The first-order valence-corrected chi connectivity index (χ1v) is 22.3.